The van der Waals surface area contributed by atoms with Crippen molar-refractivity contribution in [3.05, 3.63) is 29.8 Å². The van der Waals surface area contributed by atoms with Gasteiger partial charge in [-0.25, -0.2) is 8.42 Å². The lowest BCUT2D eigenvalue weighted by Gasteiger charge is -2.30. The summed E-state index contributed by atoms with van der Waals surface area (Å²) in [7, 11) is -3.55. The zero-order valence-corrected chi connectivity index (χ0v) is 15.8. The van der Waals surface area contributed by atoms with E-state index >= 15 is 0 Å². The van der Waals surface area contributed by atoms with Crippen molar-refractivity contribution in [2.45, 2.75) is 57.0 Å². The molecule has 1 aromatic carbocycles. The first-order valence-corrected chi connectivity index (χ1v) is 10.6. The topological polar surface area (TPSA) is 63.7 Å². The Morgan fingerprint density at radius 3 is 2.32 bits per heavy atom. The summed E-state index contributed by atoms with van der Waals surface area (Å²) in [6.45, 7) is 4.03. The highest BCUT2D eigenvalue weighted by molar-refractivity contribution is 7.89. The fourth-order valence-corrected chi connectivity index (χ4v) is 5.66. The van der Waals surface area contributed by atoms with Gasteiger partial charge < -0.3 is 4.74 Å². The maximum Gasteiger partial charge on any atom is 0.302 e. The van der Waals surface area contributed by atoms with Crippen molar-refractivity contribution >= 4 is 16.0 Å². The van der Waals surface area contributed by atoms with Gasteiger partial charge in [0, 0.05) is 19.4 Å². The first-order valence-electron chi connectivity index (χ1n) is 9.12. The molecule has 1 aliphatic heterocycles. The summed E-state index contributed by atoms with van der Waals surface area (Å²) in [5.41, 5.74) is 1.03. The van der Waals surface area contributed by atoms with E-state index in [-0.39, 0.29) is 24.5 Å². The number of ether oxygens (including phenoxy) is 1. The molecule has 25 heavy (non-hydrogen) atoms. The molecule has 1 aliphatic carbocycles. The van der Waals surface area contributed by atoms with Crippen LogP contribution in [0.1, 0.15) is 44.6 Å². The van der Waals surface area contributed by atoms with Gasteiger partial charge in [-0.1, -0.05) is 37.0 Å². The largest absolute Gasteiger partial charge is 0.461 e. The van der Waals surface area contributed by atoms with E-state index in [1.165, 1.54) is 30.5 Å². The molecule has 1 heterocycles. The lowest BCUT2D eigenvalue weighted by Crippen LogP contribution is -2.31. The second kappa shape index (κ2) is 7.46. The van der Waals surface area contributed by atoms with Crippen LogP contribution in [0.5, 0.6) is 0 Å². The van der Waals surface area contributed by atoms with Crippen LogP contribution in [0.25, 0.3) is 0 Å². The molecule has 3 rings (SSSR count). The second-order valence-electron chi connectivity index (χ2n) is 7.34. The van der Waals surface area contributed by atoms with E-state index in [0.29, 0.717) is 17.4 Å². The number of aryl methyl sites for hydroxylation is 1. The molecule has 138 valence electrons. The van der Waals surface area contributed by atoms with E-state index in [4.69, 9.17) is 4.74 Å². The molecule has 0 aromatic heterocycles. The third-order valence-electron chi connectivity index (χ3n) is 5.51. The van der Waals surface area contributed by atoms with Crippen LogP contribution in [0.3, 0.4) is 0 Å². The first-order chi connectivity index (χ1) is 11.9. The minimum absolute atomic E-state index is 0.101. The highest BCUT2D eigenvalue weighted by atomic mass is 32.2. The van der Waals surface area contributed by atoms with Gasteiger partial charge in [0.05, 0.1) is 11.4 Å². The number of hydrogen-bond acceptors (Lipinski definition) is 4. The number of esters is 1. The predicted octanol–water partition coefficient (Wildman–Crippen LogP) is 3.13. The van der Waals surface area contributed by atoms with E-state index in [1.807, 2.05) is 19.1 Å². The van der Waals surface area contributed by atoms with E-state index < -0.39 is 10.0 Å². The monoisotopic (exact) mass is 365 g/mol. The van der Waals surface area contributed by atoms with Crippen molar-refractivity contribution in [1.29, 1.82) is 0 Å². The molecule has 0 amide bonds. The molecular weight excluding hydrogens is 338 g/mol. The smallest absolute Gasteiger partial charge is 0.302 e. The van der Waals surface area contributed by atoms with Crippen LogP contribution in [-0.2, 0) is 19.6 Å². The number of rotatable bonds is 4. The van der Waals surface area contributed by atoms with Gasteiger partial charge >= 0.3 is 5.97 Å². The van der Waals surface area contributed by atoms with Crippen molar-refractivity contribution in [3.63, 3.8) is 0 Å². The number of nitrogens with zero attached hydrogens (tertiary/aromatic N) is 1. The Bertz CT molecular complexity index is 707. The number of sulfonamides is 1. The second-order valence-corrected chi connectivity index (χ2v) is 9.28. The fraction of sp³-hybridized carbons (Fsp3) is 0.632. The van der Waals surface area contributed by atoms with Crippen LogP contribution >= 0.6 is 0 Å². The molecule has 0 unspecified atom stereocenters. The zero-order chi connectivity index (χ0) is 18.0. The lowest BCUT2D eigenvalue weighted by atomic mass is 9.78. The molecule has 2 fully saturated rings. The molecule has 1 saturated carbocycles. The van der Waals surface area contributed by atoms with Crippen LogP contribution in [-0.4, -0.2) is 37.9 Å². The van der Waals surface area contributed by atoms with Gasteiger partial charge in [0.1, 0.15) is 6.10 Å². The summed E-state index contributed by atoms with van der Waals surface area (Å²) in [5, 5.41) is 0. The Morgan fingerprint density at radius 2 is 1.72 bits per heavy atom. The van der Waals surface area contributed by atoms with Gasteiger partial charge in [-0.3, -0.25) is 4.79 Å². The summed E-state index contributed by atoms with van der Waals surface area (Å²) in [6, 6.07) is 6.93. The molecule has 0 spiro atoms. The fourth-order valence-electron chi connectivity index (χ4n) is 4.17. The zero-order valence-electron chi connectivity index (χ0n) is 15.0. The average Bonchev–Trinajstić information content (AvgIpc) is 3.00. The molecule has 0 N–H and O–H groups in total. The third-order valence-corrected chi connectivity index (χ3v) is 7.35. The van der Waals surface area contributed by atoms with Gasteiger partial charge in [0.15, 0.2) is 0 Å². The van der Waals surface area contributed by atoms with E-state index in [1.54, 1.807) is 12.1 Å². The molecule has 1 saturated heterocycles. The minimum atomic E-state index is -3.55. The van der Waals surface area contributed by atoms with Crippen LogP contribution in [0.15, 0.2) is 29.2 Å². The molecule has 2 aliphatic rings. The maximum absolute atomic E-state index is 13.0. The number of hydrogen-bond donors (Lipinski definition) is 0. The summed E-state index contributed by atoms with van der Waals surface area (Å²) >= 11 is 0. The van der Waals surface area contributed by atoms with Crippen LogP contribution in [0, 0.1) is 18.8 Å². The highest BCUT2D eigenvalue weighted by Crippen LogP contribution is 2.38. The highest BCUT2D eigenvalue weighted by Gasteiger charge is 2.44. The number of benzene rings is 1. The summed E-state index contributed by atoms with van der Waals surface area (Å²) < 4.78 is 33.0. The molecule has 0 bridgehead atoms. The van der Waals surface area contributed by atoms with Gasteiger partial charge in [0.2, 0.25) is 10.0 Å². The normalized spacial score (nSPS) is 25.8. The van der Waals surface area contributed by atoms with Gasteiger partial charge in [-0.2, -0.15) is 4.31 Å². The Labute approximate surface area is 150 Å². The van der Waals surface area contributed by atoms with Crippen LogP contribution < -0.4 is 0 Å². The number of carbonyl (C=O) groups is 1. The number of carbonyl (C=O) groups excluding carboxylic acids is 1. The van der Waals surface area contributed by atoms with Crippen molar-refractivity contribution < 1.29 is 17.9 Å². The standard InChI is InChI=1S/C19H27NO4S/c1-14-8-10-17(11-9-14)25(22,23)20-12-18(16-6-4-3-5-7-16)19(13-20)24-15(2)21/h8-11,16,18-19H,3-7,12-13H2,1-2H3/t18-,19+/m1/s1. The summed E-state index contributed by atoms with van der Waals surface area (Å²) in [4.78, 5) is 11.8. The third kappa shape index (κ3) is 4.06. The van der Waals surface area contributed by atoms with E-state index in [9.17, 15) is 13.2 Å². The van der Waals surface area contributed by atoms with Crippen LogP contribution in [0.2, 0.25) is 0 Å². The Hall–Kier alpha value is -1.40. The molecule has 6 heteroatoms. The quantitative estimate of drug-likeness (QED) is 0.769. The lowest BCUT2D eigenvalue weighted by molar-refractivity contribution is -0.148. The van der Waals surface area contributed by atoms with E-state index in [0.717, 1.165) is 18.4 Å². The molecule has 5 nitrogen and oxygen atoms in total. The first kappa shape index (κ1) is 18.4. The SMILES string of the molecule is CC(=O)O[C@H]1CN(S(=O)(=O)c2ccc(C)cc2)C[C@@H]1C1CCCCC1. The van der Waals surface area contributed by atoms with E-state index in [2.05, 4.69) is 0 Å². The Balaban J connectivity index is 1.82. The van der Waals surface area contributed by atoms with Crippen molar-refractivity contribution in [3.8, 4) is 0 Å². The minimum Gasteiger partial charge on any atom is -0.461 e. The van der Waals surface area contributed by atoms with Crippen molar-refractivity contribution in [2.75, 3.05) is 13.1 Å². The van der Waals surface area contributed by atoms with Gasteiger partial charge in [-0.15, -0.1) is 0 Å². The summed E-state index contributed by atoms with van der Waals surface area (Å²) in [6.07, 6.45) is 5.46. The van der Waals surface area contributed by atoms with Crippen molar-refractivity contribution in [2.24, 2.45) is 11.8 Å². The predicted molar refractivity (Wildman–Crippen MR) is 95.6 cm³/mol. The van der Waals surface area contributed by atoms with Gasteiger partial charge in [0.25, 0.3) is 0 Å². The molecule has 1 aromatic rings. The maximum atomic E-state index is 13.0. The average molecular weight is 365 g/mol. The van der Waals surface area contributed by atoms with Crippen molar-refractivity contribution in [1.82, 2.24) is 4.31 Å². The Morgan fingerprint density at radius 1 is 1.08 bits per heavy atom. The van der Waals surface area contributed by atoms with Crippen LogP contribution in [0.4, 0.5) is 0 Å². The molecular formula is C19H27NO4S. The molecule has 0 radical (unpaired) electrons. The Kier molecular flexibility index (Phi) is 5.49. The summed E-state index contributed by atoms with van der Waals surface area (Å²) in [5.74, 6) is 0.209. The molecule has 2 atom stereocenters. The van der Waals surface area contributed by atoms with Gasteiger partial charge in [-0.05, 0) is 37.8 Å².